The van der Waals surface area contributed by atoms with E-state index in [0.29, 0.717) is 0 Å². The van der Waals surface area contributed by atoms with Crippen LogP contribution in [0.1, 0.15) is 38.8 Å². The van der Waals surface area contributed by atoms with Gasteiger partial charge in [0, 0.05) is 12.6 Å². The maximum absolute atomic E-state index is 12.1. The second kappa shape index (κ2) is 7.13. The number of thiophene rings is 1. The molecule has 1 unspecified atom stereocenters. The third-order valence-electron chi connectivity index (χ3n) is 2.83. The summed E-state index contributed by atoms with van der Waals surface area (Å²) >= 11 is 1.58. The number of rotatable bonds is 6. The van der Waals surface area contributed by atoms with E-state index in [-0.39, 0.29) is 31.1 Å². The van der Waals surface area contributed by atoms with Crippen LogP contribution in [-0.2, 0) is 4.79 Å². The molecule has 1 aromatic rings. The zero-order valence-corrected chi connectivity index (χ0v) is 12.2. The average Bonchev–Trinajstić information content (AvgIpc) is 2.81. The number of amides is 2. The molecule has 0 aliphatic heterocycles. The summed E-state index contributed by atoms with van der Waals surface area (Å²) in [6.45, 7) is 5.87. The third-order valence-corrected chi connectivity index (χ3v) is 3.54. The van der Waals surface area contributed by atoms with Crippen molar-refractivity contribution in [1.82, 2.24) is 10.2 Å². The van der Waals surface area contributed by atoms with Gasteiger partial charge < -0.3 is 15.3 Å². The highest BCUT2D eigenvalue weighted by Crippen LogP contribution is 2.16. The third kappa shape index (κ3) is 4.90. The average molecular weight is 284 g/mol. The zero-order chi connectivity index (χ0) is 14.4. The summed E-state index contributed by atoms with van der Waals surface area (Å²) in [5.41, 5.74) is 1.06. The fraction of sp³-hybridized carbons (Fsp3) is 0.538. The predicted molar refractivity (Wildman–Crippen MR) is 75.4 cm³/mol. The molecular formula is C13H20N2O3S. The minimum atomic E-state index is -0.899. The Morgan fingerprint density at radius 1 is 1.42 bits per heavy atom. The van der Waals surface area contributed by atoms with Gasteiger partial charge in [-0.3, -0.25) is 4.79 Å². The Hall–Kier alpha value is -1.56. The summed E-state index contributed by atoms with van der Waals surface area (Å²) in [5, 5.41) is 15.5. The summed E-state index contributed by atoms with van der Waals surface area (Å²) in [4.78, 5) is 24.3. The Morgan fingerprint density at radius 3 is 2.58 bits per heavy atom. The number of aliphatic carboxylic acids is 1. The van der Waals surface area contributed by atoms with E-state index in [4.69, 9.17) is 5.11 Å². The number of nitrogens with one attached hydrogen (secondary N) is 1. The van der Waals surface area contributed by atoms with Crippen molar-refractivity contribution in [1.29, 1.82) is 0 Å². The summed E-state index contributed by atoms with van der Waals surface area (Å²) in [6, 6.07) is 1.63. The minimum Gasteiger partial charge on any atom is -0.481 e. The molecule has 1 aromatic heterocycles. The number of hydrogen-bond acceptors (Lipinski definition) is 3. The molecule has 2 amide bonds. The lowest BCUT2D eigenvalue weighted by molar-refractivity contribution is -0.137. The van der Waals surface area contributed by atoms with Gasteiger partial charge in [-0.2, -0.15) is 11.3 Å². The quantitative estimate of drug-likeness (QED) is 0.844. The molecule has 0 bridgehead atoms. The van der Waals surface area contributed by atoms with Crippen LogP contribution >= 0.6 is 11.3 Å². The Morgan fingerprint density at radius 2 is 2.11 bits per heavy atom. The second-order valence-electron chi connectivity index (χ2n) is 4.66. The van der Waals surface area contributed by atoms with Crippen LogP contribution < -0.4 is 5.32 Å². The first kappa shape index (κ1) is 15.5. The molecule has 6 heteroatoms. The molecule has 0 radical (unpaired) electrons. The van der Waals surface area contributed by atoms with E-state index in [1.165, 1.54) is 4.90 Å². The van der Waals surface area contributed by atoms with E-state index in [9.17, 15) is 9.59 Å². The van der Waals surface area contributed by atoms with Gasteiger partial charge in [0.25, 0.3) is 0 Å². The monoisotopic (exact) mass is 284 g/mol. The van der Waals surface area contributed by atoms with Crippen LogP contribution in [0.25, 0.3) is 0 Å². The molecule has 0 aliphatic rings. The second-order valence-corrected chi connectivity index (χ2v) is 5.44. The van der Waals surface area contributed by atoms with Crippen molar-refractivity contribution in [2.45, 2.75) is 39.3 Å². The molecule has 1 heterocycles. The van der Waals surface area contributed by atoms with Crippen molar-refractivity contribution in [3.8, 4) is 0 Å². The molecule has 0 saturated heterocycles. The van der Waals surface area contributed by atoms with Crippen LogP contribution in [0, 0.1) is 0 Å². The van der Waals surface area contributed by atoms with Gasteiger partial charge in [0.2, 0.25) is 0 Å². The number of carboxylic acid groups (broad SMARTS) is 1. The van der Waals surface area contributed by atoms with Crippen LogP contribution in [0.15, 0.2) is 16.8 Å². The van der Waals surface area contributed by atoms with Gasteiger partial charge in [0.05, 0.1) is 12.5 Å². The Bertz CT molecular complexity index is 418. The highest BCUT2D eigenvalue weighted by atomic mass is 32.1. The van der Waals surface area contributed by atoms with E-state index in [1.807, 2.05) is 37.6 Å². The molecule has 0 aromatic carbocycles. The first-order valence-electron chi connectivity index (χ1n) is 6.22. The molecule has 0 saturated carbocycles. The molecule has 1 atom stereocenters. The lowest BCUT2D eigenvalue weighted by atomic mass is 10.2. The van der Waals surface area contributed by atoms with Gasteiger partial charge >= 0.3 is 12.0 Å². The van der Waals surface area contributed by atoms with Crippen molar-refractivity contribution in [3.05, 3.63) is 22.4 Å². The lowest BCUT2D eigenvalue weighted by Gasteiger charge is -2.28. The fourth-order valence-electron chi connectivity index (χ4n) is 1.68. The Balaban J connectivity index is 2.59. The van der Waals surface area contributed by atoms with Crippen LogP contribution in [0.4, 0.5) is 4.79 Å². The highest BCUT2D eigenvalue weighted by molar-refractivity contribution is 7.07. The maximum Gasteiger partial charge on any atom is 0.318 e. The van der Waals surface area contributed by atoms with Crippen LogP contribution in [0.5, 0.6) is 0 Å². The first-order valence-corrected chi connectivity index (χ1v) is 7.17. The Labute approximate surface area is 117 Å². The highest BCUT2D eigenvalue weighted by Gasteiger charge is 2.20. The van der Waals surface area contributed by atoms with Gasteiger partial charge in [-0.15, -0.1) is 0 Å². The molecule has 0 spiro atoms. The molecule has 2 N–H and O–H groups in total. The largest absolute Gasteiger partial charge is 0.481 e. The van der Waals surface area contributed by atoms with Crippen molar-refractivity contribution >= 4 is 23.3 Å². The van der Waals surface area contributed by atoms with Gasteiger partial charge in [-0.25, -0.2) is 4.79 Å². The molecule has 0 fully saturated rings. The number of carbonyl (C=O) groups excluding carboxylic acids is 1. The van der Waals surface area contributed by atoms with Gasteiger partial charge in [-0.05, 0) is 43.2 Å². The van der Waals surface area contributed by atoms with Crippen molar-refractivity contribution in [3.63, 3.8) is 0 Å². The molecule has 106 valence electrons. The van der Waals surface area contributed by atoms with Crippen molar-refractivity contribution in [2.75, 3.05) is 6.54 Å². The van der Waals surface area contributed by atoms with Crippen molar-refractivity contribution < 1.29 is 14.7 Å². The number of nitrogens with zero attached hydrogens (tertiary/aromatic N) is 1. The lowest BCUT2D eigenvalue weighted by Crippen LogP contribution is -2.45. The van der Waals surface area contributed by atoms with E-state index >= 15 is 0 Å². The summed E-state index contributed by atoms with van der Waals surface area (Å²) in [6.07, 6.45) is -0.0432. The standard InChI is InChI=1S/C13H20N2O3S/c1-9(2)15(6-4-12(16)17)13(18)14-10(3)11-5-7-19-8-11/h5,7-10H,4,6H2,1-3H3,(H,14,18)(H,16,17). The molecule has 1 rings (SSSR count). The number of hydrogen-bond donors (Lipinski definition) is 2. The summed E-state index contributed by atoms with van der Waals surface area (Å²) < 4.78 is 0. The van der Waals surface area contributed by atoms with Crippen LogP contribution in [-0.4, -0.2) is 34.6 Å². The predicted octanol–water partition coefficient (Wildman–Crippen LogP) is 2.70. The zero-order valence-electron chi connectivity index (χ0n) is 11.4. The van der Waals surface area contributed by atoms with Crippen LogP contribution in [0.3, 0.4) is 0 Å². The molecule has 19 heavy (non-hydrogen) atoms. The normalized spacial score (nSPS) is 12.2. The number of urea groups is 1. The fourth-order valence-corrected chi connectivity index (χ4v) is 2.44. The van der Waals surface area contributed by atoms with Crippen molar-refractivity contribution in [2.24, 2.45) is 0 Å². The Kier molecular flexibility index (Phi) is 5.82. The summed E-state index contributed by atoms with van der Waals surface area (Å²) in [7, 11) is 0. The van der Waals surface area contributed by atoms with Gasteiger partial charge in [-0.1, -0.05) is 0 Å². The van der Waals surface area contributed by atoms with E-state index in [2.05, 4.69) is 5.32 Å². The van der Waals surface area contributed by atoms with E-state index in [0.717, 1.165) is 5.56 Å². The SMILES string of the molecule is CC(NC(=O)N(CCC(=O)O)C(C)C)c1ccsc1. The molecule has 5 nitrogen and oxygen atoms in total. The van der Waals surface area contributed by atoms with Gasteiger partial charge in [0.1, 0.15) is 0 Å². The maximum atomic E-state index is 12.1. The smallest absolute Gasteiger partial charge is 0.318 e. The summed E-state index contributed by atoms with van der Waals surface area (Å²) in [5.74, 6) is -0.899. The van der Waals surface area contributed by atoms with E-state index in [1.54, 1.807) is 11.3 Å². The minimum absolute atomic E-state index is 0.0333. The topological polar surface area (TPSA) is 69.6 Å². The van der Waals surface area contributed by atoms with Gasteiger partial charge in [0.15, 0.2) is 0 Å². The molecular weight excluding hydrogens is 264 g/mol. The van der Waals surface area contributed by atoms with Crippen LogP contribution in [0.2, 0.25) is 0 Å². The number of carbonyl (C=O) groups is 2. The number of carboxylic acids is 1. The first-order chi connectivity index (χ1) is 8.91. The van der Waals surface area contributed by atoms with E-state index < -0.39 is 5.97 Å². The molecule has 0 aliphatic carbocycles.